The number of nitrogens with one attached hydrogen (secondary N) is 1. The molecule has 1 N–H and O–H groups in total. The molecule has 0 radical (unpaired) electrons. The molecule has 2 aromatic carbocycles. The molecule has 1 amide bonds. The largest absolute Gasteiger partial charge is 0.495 e. The Morgan fingerprint density at radius 1 is 0.880 bits per heavy atom. The summed E-state index contributed by atoms with van der Waals surface area (Å²) < 4.78 is 21.2. The number of carbonyl (C=O) groups excluding carboxylic acids is 1. The summed E-state index contributed by atoms with van der Waals surface area (Å²) >= 11 is 0. The van der Waals surface area contributed by atoms with Gasteiger partial charge in [-0.1, -0.05) is 13.0 Å². The summed E-state index contributed by atoms with van der Waals surface area (Å²) in [7, 11) is 6.09. The maximum atomic E-state index is 12.7. The van der Waals surface area contributed by atoms with Crippen molar-refractivity contribution in [1.29, 1.82) is 0 Å². The summed E-state index contributed by atoms with van der Waals surface area (Å²) in [5, 5.41) is 2.88. The molecule has 0 aromatic heterocycles. The van der Waals surface area contributed by atoms with Crippen molar-refractivity contribution < 1.29 is 23.7 Å². The summed E-state index contributed by atoms with van der Waals surface area (Å²) in [5.41, 5.74) is 2.10. The van der Waals surface area contributed by atoms with Crippen LogP contribution in [0.5, 0.6) is 23.0 Å². The second kappa shape index (κ2) is 8.28. The van der Waals surface area contributed by atoms with Gasteiger partial charge in [-0.15, -0.1) is 0 Å². The molecule has 0 aliphatic rings. The summed E-state index contributed by atoms with van der Waals surface area (Å²) in [6.07, 6.45) is 0.858. The van der Waals surface area contributed by atoms with Crippen LogP contribution in [-0.4, -0.2) is 34.3 Å². The summed E-state index contributed by atoms with van der Waals surface area (Å²) in [4.78, 5) is 12.7. The summed E-state index contributed by atoms with van der Waals surface area (Å²) in [6.45, 7) is 2.05. The van der Waals surface area contributed by atoms with Crippen molar-refractivity contribution >= 4 is 11.6 Å². The van der Waals surface area contributed by atoms with Crippen molar-refractivity contribution in [2.75, 3.05) is 33.8 Å². The quantitative estimate of drug-likeness (QED) is 0.831. The number of rotatable bonds is 7. The number of anilines is 1. The number of methoxy groups -OCH3 is 4. The number of amides is 1. The van der Waals surface area contributed by atoms with Gasteiger partial charge in [-0.25, -0.2) is 0 Å². The van der Waals surface area contributed by atoms with E-state index in [1.54, 1.807) is 19.2 Å². The van der Waals surface area contributed by atoms with Crippen molar-refractivity contribution in [3.05, 3.63) is 41.5 Å². The van der Waals surface area contributed by atoms with E-state index >= 15 is 0 Å². The van der Waals surface area contributed by atoms with Crippen LogP contribution in [0.3, 0.4) is 0 Å². The highest BCUT2D eigenvalue weighted by molar-refractivity contribution is 6.05. The lowest BCUT2D eigenvalue weighted by atomic mass is 10.1. The van der Waals surface area contributed by atoms with Gasteiger partial charge < -0.3 is 24.3 Å². The molecule has 0 atom stereocenters. The van der Waals surface area contributed by atoms with E-state index in [9.17, 15) is 4.79 Å². The molecule has 0 saturated heterocycles. The van der Waals surface area contributed by atoms with Gasteiger partial charge in [-0.05, 0) is 36.2 Å². The Bertz CT molecular complexity index is 732. The molecule has 2 rings (SSSR count). The van der Waals surface area contributed by atoms with Gasteiger partial charge in [0, 0.05) is 5.56 Å². The predicted molar refractivity (Wildman–Crippen MR) is 96.4 cm³/mol. The van der Waals surface area contributed by atoms with Crippen LogP contribution >= 0.6 is 0 Å². The monoisotopic (exact) mass is 345 g/mol. The number of hydrogen-bond acceptors (Lipinski definition) is 5. The molecule has 0 spiro atoms. The van der Waals surface area contributed by atoms with Crippen LogP contribution in [0, 0.1) is 0 Å². The first-order valence-electron chi connectivity index (χ1n) is 7.86. The van der Waals surface area contributed by atoms with Gasteiger partial charge in [0.05, 0.1) is 34.1 Å². The molecular weight excluding hydrogens is 322 g/mol. The van der Waals surface area contributed by atoms with Gasteiger partial charge in [0.25, 0.3) is 5.91 Å². The Kier molecular flexibility index (Phi) is 6.11. The number of hydrogen-bond donors (Lipinski definition) is 1. The summed E-state index contributed by atoms with van der Waals surface area (Å²) in [6, 6.07) is 8.91. The molecule has 2 aromatic rings. The Morgan fingerprint density at radius 3 is 1.96 bits per heavy atom. The van der Waals surface area contributed by atoms with Gasteiger partial charge in [0.2, 0.25) is 5.75 Å². The van der Waals surface area contributed by atoms with Gasteiger partial charge in [-0.3, -0.25) is 4.79 Å². The van der Waals surface area contributed by atoms with E-state index in [-0.39, 0.29) is 5.91 Å². The standard InChI is InChI=1S/C19H23NO5/c1-6-12-7-8-15(22-2)14(9-12)20-19(21)13-10-16(23-3)18(25-5)17(11-13)24-4/h7-11H,6H2,1-5H3,(H,20,21). The van der Waals surface area contributed by atoms with E-state index in [0.29, 0.717) is 34.2 Å². The molecule has 134 valence electrons. The van der Waals surface area contributed by atoms with Crippen LogP contribution in [-0.2, 0) is 6.42 Å². The molecule has 0 fully saturated rings. The average molecular weight is 345 g/mol. The molecule has 25 heavy (non-hydrogen) atoms. The Morgan fingerprint density at radius 2 is 1.48 bits per heavy atom. The number of aryl methyl sites for hydroxylation is 1. The third kappa shape index (κ3) is 3.96. The Hall–Kier alpha value is -2.89. The van der Waals surface area contributed by atoms with E-state index in [1.165, 1.54) is 21.3 Å². The van der Waals surface area contributed by atoms with Crippen molar-refractivity contribution in [1.82, 2.24) is 0 Å². The van der Waals surface area contributed by atoms with E-state index in [4.69, 9.17) is 18.9 Å². The van der Waals surface area contributed by atoms with Crippen LogP contribution in [0.1, 0.15) is 22.8 Å². The van der Waals surface area contributed by atoms with Gasteiger partial charge in [-0.2, -0.15) is 0 Å². The third-order valence-electron chi connectivity index (χ3n) is 3.85. The number of benzene rings is 2. The highest BCUT2D eigenvalue weighted by atomic mass is 16.5. The zero-order chi connectivity index (χ0) is 18.4. The van der Waals surface area contributed by atoms with Crippen molar-refractivity contribution in [3.8, 4) is 23.0 Å². The topological polar surface area (TPSA) is 66.0 Å². The van der Waals surface area contributed by atoms with Crippen molar-refractivity contribution in [3.63, 3.8) is 0 Å². The highest BCUT2D eigenvalue weighted by Gasteiger charge is 2.18. The Labute approximate surface area is 147 Å². The van der Waals surface area contributed by atoms with Crippen LogP contribution in [0.2, 0.25) is 0 Å². The minimum Gasteiger partial charge on any atom is -0.495 e. The normalized spacial score (nSPS) is 10.1. The van der Waals surface area contributed by atoms with Gasteiger partial charge in [0.15, 0.2) is 11.5 Å². The lowest BCUT2D eigenvalue weighted by Gasteiger charge is -2.15. The molecule has 0 heterocycles. The molecular formula is C19H23NO5. The second-order valence-corrected chi connectivity index (χ2v) is 5.26. The molecule has 6 heteroatoms. The van der Waals surface area contributed by atoms with E-state index < -0.39 is 0 Å². The minimum atomic E-state index is -0.300. The SMILES string of the molecule is CCc1ccc(OC)c(NC(=O)c2cc(OC)c(OC)c(OC)c2)c1. The fourth-order valence-corrected chi connectivity index (χ4v) is 2.48. The highest BCUT2D eigenvalue weighted by Crippen LogP contribution is 2.38. The second-order valence-electron chi connectivity index (χ2n) is 5.26. The molecule has 0 aliphatic carbocycles. The van der Waals surface area contributed by atoms with E-state index in [2.05, 4.69) is 5.32 Å². The molecule has 6 nitrogen and oxygen atoms in total. The average Bonchev–Trinajstić information content (AvgIpc) is 2.66. The van der Waals surface area contributed by atoms with E-state index in [1.807, 2.05) is 25.1 Å². The zero-order valence-corrected chi connectivity index (χ0v) is 15.1. The summed E-state index contributed by atoms with van der Waals surface area (Å²) in [5.74, 6) is 1.57. The molecule has 0 bridgehead atoms. The van der Waals surface area contributed by atoms with Gasteiger partial charge in [0.1, 0.15) is 5.75 Å². The zero-order valence-electron chi connectivity index (χ0n) is 15.1. The first-order valence-corrected chi connectivity index (χ1v) is 7.86. The third-order valence-corrected chi connectivity index (χ3v) is 3.85. The molecule has 0 unspecified atom stereocenters. The van der Waals surface area contributed by atoms with Crippen LogP contribution in [0.4, 0.5) is 5.69 Å². The first-order chi connectivity index (χ1) is 12.1. The van der Waals surface area contributed by atoms with Crippen LogP contribution in [0.15, 0.2) is 30.3 Å². The number of ether oxygens (including phenoxy) is 4. The van der Waals surface area contributed by atoms with Crippen molar-refractivity contribution in [2.45, 2.75) is 13.3 Å². The smallest absolute Gasteiger partial charge is 0.256 e. The van der Waals surface area contributed by atoms with E-state index in [0.717, 1.165) is 12.0 Å². The first kappa shape index (κ1) is 18.4. The van der Waals surface area contributed by atoms with Crippen LogP contribution < -0.4 is 24.3 Å². The minimum absolute atomic E-state index is 0.300. The lowest BCUT2D eigenvalue weighted by molar-refractivity contribution is 0.102. The maximum absolute atomic E-state index is 12.7. The molecule has 0 aliphatic heterocycles. The fourth-order valence-electron chi connectivity index (χ4n) is 2.48. The predicted octanol–water partition coefficient (Wildman–Crippen LogP) is 3.54. The Balaban J connectivity index is 2.38. The lowest BCUT2D eigenvalue weighted by Crippen LogP contribution is -2.13. The number of carbonyl (C=O) groups is 1. The maximum Gasteiger partial charge on any atom is 0.256 e. The van der Waals surface area contributed by atoms with Crippen molar-refractivity contribution in [2.24, 2.45) is 0 Å². The molecule has 0 saturated carbocycles. The van der Waals surface area contributed by atoms with Gasteiger partial charge >= 0.3 is 0 Å². The van der Waals surface area contributed by atoms with Crippen LogP contribution in [0.25, 0.3) is 0 Å². The fraction of sp³-hybridized carbons (Fsp3) is 0.316.